The number of nitrogens with zero attached hydrogens (tertiary/aromatic N) is 4. The normalized spacial score (nSPS) is 11.2. The molecule has 0 amide bonds. The third kappa shape index (κ3) is 5.61. The number of methoxy groups -OCH3 is 1. The van der Waals surface area contributed by atoms with E-state index in [9.17, 15) is 10.1 Å². The van der Waals surface area contributed by atoms with Gasteiger partial charge in [-0.25, -0.2) is 4.98 Å². The Kier molecular flexibility index (Phi) is 8.29. The fraction of sp³-hybridized carbons (Fsp3) is 0.118. The molecule has 0 bridgehead atoms. The fourth-order valence-corrected chi connectivity index (χ4v) is 5.59. The molecule has 10 heteroatoms. The number of fused-ring (bicyclic) bond motifs is 2. The lowest BCUT2D eigenvalue weighted by Crippen LogP contribution is -2.20. The molecule has 0 aliphatic heterocycles. The number of rotatable bonds is 9. The van der Waals surface area contributed by atoms with E-state index in [1.165, 1.54) is 4.68 Å². The third-order valence-electron chi connectivity index (χ3n) is 6.88. The van der Waals surface area contributed by atoms with Crippen LogP contribution in [0.4, 0.5) is 0 Å². The number of hydrogen-bond donors (Lipinski definition) is 0. The first-order valence-corrected chi connectivity index (χ1v) is 14.8. The minimum Gasteiger partial charge on any atom is -0.496 e. The van der Waals surface area contributed by atoms with Crippen LogP contribution in [0, 0.1) is 14.9 Å². The molecule has 2 aromatic heterocycles. The summed E-state index contributed by atoms with van der Waals surface area (Å²) in [4.78, 5) is 18.5. The van der Waals surface area contributed by atoms with Crippen molar-refractivity contribution in [2.75, 3.05) is 13.7 Å². The lowest BCUT2D eigenvalue weighted by Gasteiger charge is -2.15. The van der Waals surface area contributed by atoms with Crippen molar-refractivity contribution >= 4 is 50.7 Å². The van der Waals surface area contributed by atoms with E-state index in [2.05, 4.69) is 33.8 Å². The zero-order chi connectivity index (χ0) is 30.6. The summed E-state index contributed by atoms with van der Waals surface area (Å²) in [5.74, 6) is 2.34. The molecule has 218 valence electrons. The molecule has 4 aromatic carbocycles. The number of para-hydroxylation sites is 1. The lowest BCUT2D eigenvalue weighted by atomic mass is 10.1. The smallest absolute Gasteiger partial charge is 0.282 e. The van der Waals surface area contributed by atoms with Gasteiger partial charge in [-0.2, -0.15) is 15.0 Å². The van der Waals surface area contributed by atoms with Crippen LogP contribution < -0.4 is 19.8 Å². The molecule has 9 nitrogen and oxygen atoms in total. The zero-order valence-electron chi connectivity index (χ0n) is 23.8. The number of benzene rings is 4. The summed E-state index contributed by atoms with van der Waals surface area (Å²) in [6, 6.07) is 27.6. The first-order valence-electron chi connectivity index (χ1n) is 13.7. The lowest BCUT2D eigenvalue weighted by molar-refractivity contribution is 0.267. The highest BCUT2D eigenvalue weighted by Crippen LogP contribution is 2.35. The Morgan fingerprint density at radius 3 is 2.64 bits per heavy atom. The van der Waals surface area contributed by atoms with Crippen LogP contribution >= 0.6 is 22.6 Å². The van der Waals surface area contributed by atoms with Crippen molar-refractivity contribution in [3.05, 3.63) is 116 Å². The van der Waals surface area contributed by atoms with Crippen molar-refractivity contribution in [2.24, 2.45) is 5.10 Å². The van der Waals surface area contributed by atoms with Gasteiger partial charge in [0.15, 0.2) is 17.3 Å². The highest BCUT2D eigenvalue weighted by Gasteiger charge is 2.18. The molecule has 0 atom stereocenters. The molecule has 6 rings (SSSR count). The maximum Gasteiger partial charge on any atom is 0.282 e. The first kappa shape index (κ1) is 28.9. The van der Waals surface area contributed by atoms with Gasteiger partial charge in [0, 0.05) is 5.56 Å². The Labute approximate surface area is 266 Å². The fourth-order valence-electron chi connectivity index (χ4n) is 4.81. The van der Waals surface area contributed by atoms with Gasteiger partial charge in [0.1, 0.15) is 17.9 Å². The quantitative estimate of drug-likeness (QED) is 0.117. The average molecular weight is 697 g/mol. The summed E-state index contributed by atoms with van der Waals surface area (Å²) in [6.45, 7) is 2.50. The average Bonchev–Trinajstić information content (AvgIpc) is 3.49. The van der Waals surface area contributed by atoms with E-state index in [0.29, 0.717) is 57.2 Å². The van der Waals surface area contributed by atoms with Crippen LogP contribution in [0.1, 0.15) is 23.6 Å². The SMILES string of the molecule is CCOc1cc(C=Nn2c(-c3cc4c(OC)cccc4o3)nc3ccccc3c2=O)cc(I)c1OCc1ccccc1C#N. The van der Waals surface area contributed by atoms with Gasteiger partial charge < -0.3 is 18.6 Å². The number of ether oxygens (including phenoxy) is 3. The molecule has 0 saturated heterocycles. The molecule has 0 N–H and O–H groups in total. The van der Waals surface area contributed by atoms with Gasteiger partial charge in [0.2, 0.25) is 5.82 Å². The number of aromatic nitrogens is 2. The van der Waals surface area contributed by atoms with Crippen molar-refractivity contribution in [1.29, 1.82) is 5.26 Å². The van der Waals surface area contributed by atoms with E-state index in [-0.39, 0.29) is 18.0 Å². The van der Waals surface area contributed by atoms with Gasteiger partial charge in [-0.05, 0) is 83.6 Å². The van der Waals surface area contributed by atoms with Crippen LogP contribution in [-0.4, -0.2) is 29.6 Å². The molecular weight excluding hydrogens is 671 g/mol. The number of nitriles is 1. The molecule has 0 saturated carbocycles. The van der Waals surface area contributed by atoms with Crippen LogP contribution in [0.3, 0.4) is 0 Å². The molecule has 0 unspecified atom stereocenters. The molecule has 0 fully saturated rings. The van der Waals surface area contributed by atoms with Crippen molar-refractivity contribution < 1.29 is 18.6 Å². The van der Waals surface area contributed by atoms with Gasteiger partial charge in [-0.15, -0.1) is 0 Å². The third-order valence-corrected chi connectivity index (χ3v) is 7.68. The summed E-state index contributed by atoms with van der Waals surface area (Å²) in [5, 5.41) is 15.2. The summed E-state index contributed by atoms with van der Waals surface area (Å²) in [7, 11) is 1.59. The standard InChI is InChI=1S/C34H25IN4O5/c1-3-42-30-16-21(15-26(35)32(30)43-20-23-10-5-4-9-22(23)18-36)19-37-39-33(38-27-12-7-6-11-24(27)34(39)40)31-17-25-28(41-2)13-8-14-29(25)44-31/h4-17,19H,3,20H2,1-2H3. The Bertz CT molecular complexity index is 2140. The summed E-state index contributed by atoms with van der Waals surface area (Å²) in [5.41, 5.74) is 2.79. The number of hydrogen-bond acceptors (Lipinski definition) is 8. The maximum absolute atomic E-state index is 13.7. The van der Waals surface area contributed by atoms with Crippen LogP contribution in [0.25, 0.3) is 33.5 Å². The van der Waals surface area contributed by atoms with Crippen LogP contribution in [0.5, 0.6) is 17.2 Å². The minimum absolute atomic E-state index is 0.205. The van der Waals surface area contributed by atoms with Crippen molar-refractivity contribution in [1.82, 2.24) is 9.66 Å². The van der Waals surface area contributed by atoms with E-state index < -0.39 is 0 Å². The highest BCUT2D eigenvalue weighted by atomic mass is 127. The largest absolute Gasteiger partial charge is 0.496 e. The van der Waals surface area contributed by atoms with Crippen molar-refractivity contribution in [2.45, 2.75) is 13.5 Å². The Morgan fingerprint density at radius 1 is 1.00 bits per heavy atom. The van der Waals surface area contributed by atoms with Gasteiger partial charge in [-0.1, -0.05) is 36.4 Å². The molecular formula is C34H25IN4O5. The van der Waals surface area contributed by atoms with Crippen LogP contribution in [0.15, 0.2) is 99.2 Å². The minimum atomic E-state index is -0.342. The second kappa shape index (κ2) is 12.6. The summed E-state index contributed by atoms with van der Waals surface area (Å²) in [6.07, 6.45) is 1.57. The van der Waals surface area contributed by atoms with E-state index in [1.807, 2.05) is 55.5 Å². The molecule has 0 radical (unpaired) electrons. The monoisotopic (exact) mass is 696 g/mol. The summed E-state index contributed by atoms with van der Waals surface area (Å²) >= 11 is 2.18. The molecule has 6 aromatic rings. The highest BCUT2D eigenvalue weighted by molar-refractivity contribution is 14.1. The number of halogens is 1. The molecule has 0 spiro atoms. The van der Waals surface area contributed by atoms with E-state index >= 15 is 0 Å². The predicted octanol–water partition coefficient (Wildman–Crippen LogP) is 7.15. The molecule has 0 aliphatic carbocycles. The van der Waals surface area contributed by atoms with E-state index in [1.54, 1.807) is 49.7 Å². The van der Waals surface area contributed by atoms with Gasteiger partial charge in [0.05, 0.1) is 51.4 Å². The van der Waals surface area contributed by atoms with Crippen molar-refractivity contribution in [3.63, 3.8) is 0 Å². The van der Waals surface area contributed by atoms with Crippen LogP contribution in [0.2, 0.25) is 0 Å². The first-order chi connectivity index (χ1) is 21.5. The van der Waals surface area contributed by atoms with Crippen molar-refractivity contribution in [3.8, 4) is 34.9 Å². The van der Waals surface area contributed by atoms with Gasteiger partial charge in [-0.3, -0.25) is 4.79 Å². The Hall–Kier alpha value is -5.15. The zero-order valence-corrected chi connectivity index (χ0v) is 25.9. The van der Waals surface area contributed by atoms with E-state index in [0.717, 1.165) is 14.5 Å². The Morgan fingerprint density at radius 2 is 1.82 bits per heavy atom. The van der Waals surface area contributed by atoms with E-state index in [4.69, 9.17) is 23.6 Å². The molecule has 2 heterocycles. The van der Waals surface area contributed by atoms with Gasteiger partial charge >= 0.3 is 0 Å². The molecule has 44 heavy (non-hydrogen) atoms. The summed E-state index contributed by atoms with van der Waals surface area (Å²) < 4.78 is 25.7. The molecule has 0 aliphatic rings. The second-order valence-electron chi connectivity index (χ2n) is 9.62. The number of furan rings is 1. The second-order valence-corrected chi connectivity index (χ2v) is 10.8. The topological polar surface area (TPSA) is 112 Å². The predicted molar refractivity (Wildman–Crippen MR) is 177 cm³/mol. The van der Waals surface area contributed by atoms with Gasteiger partial charge in [0.25, 0.3) is 5.56 Å². The maximum atomic E-state index is 13.7. The Balaban J connectivity index is 1.41. The van der Waals surface area contributed by atoms with Crippen LogP contribution in [-0.2, 0) is 6.61 Å².